The normalized spacial score (nSPS) is 17.7. The van der Waals surface area contributed by atoms with Crippen molar-refractivity contribution in [1.29, 1.82) is 0 Å². The zero-order valence-electron chi connectivity index (χ0n) is 13.4. The Kier molecular flexibility index (Phi) is 6.34. The van der Waals surface area contributed by atoms with Gasteiger partial charge in [0.1, 0.15) is 0 Å². The highest BCUT2D eigenvalue weighted by atomic mass is 35.5. The van der Waals surface area contributed by atoms with Gasteiger partial charge in [0.2, 0.25) is 0 Å². The van der Waals surface area contributed by atoms with Crippen LogP contribution < -0.4 is 10.2 Å². The van der Waals surface area contributed by atoms with Gasteiger partial charge in [-0.25, -0.2) is 0 Å². The van der Waals surface area contributed by atoms with Gasteiger partial charge in [-0.1, -0.05) is 24.6 Å². The molecule has 1 N–H and O–H groups in total. The highest BCUT2D eigenvalue weighted by Gasteiger charge is 2.17. The Morgan fingerprint density at radius 2 is 2.10 bits per heavy atom. The standard InChI is InChI=1S/C17H27ClN2O/c1-4-19-13(2)15-5-6-17(16(18)11-15)20(3)12-14-7-9-21-10-8-14/h5-6,11,13-14,19H,4,7-10,12H2,1-3H3. The minimum atomic E-state index is 0.336. The van der Waals surface area contributed by atoms with E-state index in [9.17, 15) is 0 Å². The van der Waals surface area contributed by atoms with E-state index in [0.717, 1.165) is 49.9 Å². The Bertz CT molecular complexity index is 446. The third-order valence-corrected chi connectivity index (χ3v) is 4.57. The molecule has 1 aromatic rings. The largest absolute Gasteiger partial charge is 0.381 e. The van der Waals surface area contributed by atoms with Crippen LogP contribution in [0.3, 0.4) is 0 Å². The number of anilines is 1. The molecule has 0 radical (unpaired) electrons. The molecule has 1 fully saturated rings. The van der Waals surface area contributed by atoms with Gasteiger partial charge in [0, 0.05) is 32.8 Å². The molecular formula is C17H27ClN2O. The summed E-state index contributed by atoms with van der Waals surface area (Å²) in [5.74, 6) is 0.708. The number of halogens is 1. The lowest BCUT2D eigenvalue weighted by atomic mass is 9.99. The van der Waals surface area contributed by atoms with Crippen molar-refractivity contribution in [3.8, 4) is 0 Å². The molecule has 21 heavy (non-hydrogen) atoms. The molecule has 1 saturated heterocycles. The van der Waals surface area contributed by atoms with E-state index in [1.165, 1.54) is 5.56 Å². The molecule has 1 heterocycles. The lowest BCUT2D eigenvalue weighted by molar-refractivity contribution is 0.0685. The number of nitrogens with zero attached hydrogens (tertiary/aromatic N) is 1. The van der Waals surface area contributed by atoms with Gasteiger partial charge in [-0.15, -0.1) is 0 Å². The summed E-state index contributed by atoms with van der Waals surface area (Å²) in [5.41, 5.74) is 2.36. The molecule has 0 aliphatic carbocycles. The van der Waals surface area contributed by atoms with Gasteiger partial charge < -0.3 is 15.0 Å². The maximum Gasteiger partial charge on any atom is 0.0642 e. The van der Waals surface area contributed by atoms with Crippen LogP contribution in [0.15, 0.2) is 18.2 Å². The number of ether oxygens (including phenoxy) is 1. The summed E-state index contributed by atoms with van der Waals surface area (Å²) in [6, 6.07) is 6.74. The molecule has 0 bridgehead atoms. The smallest absolute Gasteiger partial charge is 0.0642 e. The lowest BCUT2D eigenvalue weighted by Gasteiger charge is -2.29. The predicted molar refractivity (Wildman–Crippen MR) is 90.4 cm³/mol. The van der Waals surface area contributed by atoms with E-state index >= 15 is 0 Å². The van der Waals surface area contributed by atoms with Gasteiger partial charge in [-0.3, -0.25) is 0 Å². The molecule has 4 heteroatoms. The molecule has 0 aromatic heterocycles. The Balaban J connectivity index is 2.01. The van der Waals surface area contributed by atoms with Crippen molar-refractivity contribution in [2.45, 2.75) is 32.7 Å². The average molecular weight is 311 g/mol. The van der Waals surface area contributed by atoms with Crippen LogP contribution in [0.5, 0.6) is 0 Å². The monoisotopic (exact) mass is 310 g/mol. The van der Waals surface area contributed by atoms with Crippen molar-refractivity contribution in [2.75, 3.05) is 38.3 Å². The van der Waals surface area contributed by atoms with Gasteiger partial charge in [0.15, 0.2) is 0 Å². The molecule has 1 unspecified atom stereocenters. The van der Waals surface area contributed by atoms with Crippen molar-refractivity contribution >= 4 is 17.3 Å². The van der Waals surface area contributed by atoms with Crippen LogP contribution in [0, 0.1) is 5.92 Å². The van der Waals surface area contributed by atoms with Gasteiger partial charge in [0.05, 0.1) is 10.7 Å². The summed E-state index contributed by atoms with van der Waals surface area (Å²) in [6.45, 7) is 8.08. The van der Waals surface area contributed by atoms with Crippen molar-refractivity contribution in [3.63, 3.8) is 0 Å². The molecule has 3 nitrogen and oxygen atoms in total. The first-order valence-electron chi connectivity index (χ1n) is 7.93. The van der Waals surface area contributed by atoms with Crippen LogP contribution in [0.4, 0.5) is 5.69 Å². The Morgan fingerprint density at radius 3 is 2.71 bits per heavy atom. The maximum absolute atomic E-state index is 6.49. The number of rotatable bonds is 6. The fourth-order valence-electron chi connectivity index (χ4n) is 2.94. The van der Waals surface area contributed by atoms with Crippen LogP contribution in [0.2, 0.25) is 5.02 Å². The van der Waals surface area contributed by atoms with E-state index in [4.69, 9.17) is 16.3 Å². The first-order valence-corrected chi connectivity index (χ1v) is 8.31. The molecular weight excluding hydrogens is 284 g/mol. The zero-order chi connectivity index (χ0) is 15.2. The second-order valence-corrected chi connectivity index (χ2v) is 6.33. The van der Waals surface area contributed by atoms with E-state index in [2.05, 4.69) is 49.3 Å². The van der Waals surface area contributed by atoms with Crippen LogP contribution in [-0.2, 0) is 4.74 Å². The van der Waals surface area contributed by atoms with Crippen LogP contribution in [0.25, 0.3) is 0 Å². The fourth-order valence-corrected chi connectivity index (χ4v) is 3.27. The predicted octanol–water partition coefficient (Wildman–Crippen LogP) is 3.87. The first kappa shape index (κ1) is 16.6. The minimum absolute atomic E-state index is 0.336. The van der Waals surface area contributed by atoms with Crippen molar-refractivity contribution in [1.82, 2.24) is 5.32 Å². The maximum atomic E-state index is 6.49. The van der Waals surface area contributed by atoms with E-state index in [1.807, 2.05) is 0 Å². The van der Waals surface area contributed by atoms with Gasteiger partial charge in [-0.2, -0.15) is 0 Å². The third-order valence-electron chi connectivity index (χ3n) is 4.27. The van der Waals surface area contributed by atoms with Crippen molar-refractivity contribution in [2.24, 2.45) is 5.92 Å². The topological polar surface area (TPSA) is 24.5 Å². The average Bonchev–Trinajstić information content (AvgIpc) is 2.48. The summed E-state index contributed by atoms with van der Waals surface area (Å²) >= 11 is 6.49. The number of hydrogen-bond acceptors (Lipinski definition) is 3. The molecule has 2 rings (SSSR count). The third kappa shape index (κ3) is 4.60. The molecule has 0 spiro atoms. The summed E-state index contributed by atoms with van der Waals surface area (Å²) in [6.07, 6.45) is 2.30. The molecule has 1 aliphatic rings. The highest BCUT2D eigenvalue weighted by molar-refractivity contribution is 6.33. The number of hydrogen-bond donors (Lipinski definition) is 1. The Morgan fingerprint density at radius 1 is 1.38 bits per heavy atom. The van der Waals surface area contributed by atoms with E-state index < -0.39 is 0 Å². The van der Waals surface area contributed by atoms with Crippen molar-refractivity contribution in [3.05, 3.63) is 28.8 Å². The summed E-state index contributed by atoms with van der Waals surface area (Å²) in [7, 11) is 2.13. The minimum Gasteiger partial charge on any atom is -0.381 e. The van der Waals surface area contributed by atoms with Crippen LogP contribution in [-0.4, -0.2) is 33.4 Å². The summed E-state index contributed by atoms with van der Waals surface area (Å²) in [4.78, 5) is 2.28. The second kappa shape index (κ2) is 8.02. The molecule has 118 valence electrons. The molecule has 1 atom stereocenters. The molecule has 1 aromatic carbocycles. The van der Waals surface area contributed by atoms with Crippen LogP contribution >= 0.6 is 11.6 Å². The number of nitrogens with one attached hydrogen (secondary N) is 1. The lowest BCUT2D eigenvalue weighted by Crippen LogP contribution is -2.29. The summed E-state index contributed by atoms with van der Waals surface area (Å²) < 4.78 is 5.42. The zero-order valence-corrected chi connectivity index (χ0v) is 14.1. The SMILES string of the molecule is CCNC(C)c1ccc(N(C)CC2CCOCC2)c(Cl)c1. The van der Waals surface area contributed by atoms with Gasteiger partial charge >= 0.3 is 0 Å². The molecule has 0 saturated carbocycles. The highest BCUT2D eigenvalue weighted by Crippen LogP contribution is 2.29. The van der Waals surface area contributed by atoms with Gasteiger partial charge in [0.25, 0.3) is 0 Å². The Labute approximate surface area is 133 Å². The van der Waals surface area contributed by atoms with E-state index in [-0.39, 0.29) is 0 Å². The molecule has 0 amide bonds. The van der Waals surface area contributed by atoms with Crippen molar-refractivity contribution < 1.29 is 4.74 Å². The second-order valence-electron chi connectivity index (χ2n) is 5.93. The first-order chi connectivity index (χ1) is 10.1. The Hall–Kier alpha value is -0.770. The van der Waals surface area contributed by atoms with Gasteiger partial charge in [-0.05, 0) is 49.9 Å². The fraction of sp³-hybridized carbons (Fsp3) is 0.647. The van der Waals surface area contributed by atoms with E-state index in [1.54, 1.807) is 0 Å². The quantitative estimate of drug-likeness (QED) is 0.863. The number of benzene rings is 1. The molecule has 1 aliphatic heterocycles. The van der Waals surface area contributed by atoms with E-state index in [0.29, 0.717) is 12.0 Å². The van der Waals surface area contributed by atoms with Crippen LogP contribution in [0.1, 0.15) is 38.3 Å². The summed E-state index contributed by atoms with van der Waals surface area (Å²) in [5, 5.41) is 4.26.